The first kappa shape index (κ1) is 22.8. The Bertz CT molecular complexity index is 970. The maximum Gasteiger partial charge on any atom is 0.356 e. The van der Waals surface area contributed by atoms with E-state index in [1.807, 2.05) is 0 Å². The second-order valence-corrected chi connectivity index (χ2v) is 9.85. The molecule has 31 heavy (non-hydrogen) atoms. The maximum atomic E-state index is 14.8. The van der Waals surface area contributed by atoms with Crippen molar-refractivity contribution >= 4 is 36.0 Å². The third-order valence-corrected chi connectivity index (χ3v) is 6.73. The van der Waals surface area contributed by atoms with Gasteiger partial charge in [0, 0.05) is 12.5 Å². The predicted molar refractivity (Wildman–Crippen MR) is 109 cm³/mol. The van der Waals surface area contributed by atoms with Crippen molar-refractivity contribution in [2.75, 3.05) is 18.5 Å². The van der Waals surface area contributed by atoms with Gasteiger partial charge in [-0.1, -0.05) is 12.8 Å². The van der Waals surface area contributed by atoms with E-state index in [0.717, 1.165) is 25.7 Å². The minimum absolute atomic E-state index is 0.00420. The van der Waals surface area contributed by atoms with Gasteiger partial charge in [-0.2, -0.15) is 15.1 Å². The second kappa shape index (κ2) is 9.22. The third-order valence-electron chi connectivity index (χ3n) is 5.50. The molecule has 2 aliphatic rings. The summed E-state index contributed by atoms with van der Waals surface area (Å²) in [5.74, 6) is -1.15. The molecule has 4 unspecified atom stereocenters. The highest BCUT2D eigenvalue weighted by molar-refractivity contribution is 7.52. The largest absolute Gasteiger partial charge is 0.393 e. The molecule has 14 heteroatoms. The minimum Gasteiger partial charge on any atom is -0.393 e. The standard InChI is InChI=1S/C17H24ClFN5O6P/c18-17-22-14(21-9-3-1-2-4-9)11-6-20-24(15(11)23-17)16-12(19)5-10(30-16)8-29-13(7-25)31(26,27)28/h6,9-10,12-13,16,25H,1-5,7-8H2,(H,21,22,23)(H2,26,27,28). The van der Waals surface area contributed by atoms with Crippen LogP contribution in [0.2, 0.25) is 5.28 Å². The van der Waals surface area contributed by atoms with Crippen LogP contribution in [0, 0.1) is 0 Å². The van der Waals surface area contributed by atoms with Crippen LogP contribution in [0.4, 0.5) is 10.2 Å². The van der Waals surface area contributed by atoms with Crippen LogP contribution >= 0.6 is 19.2 Å². The summed E-state index contributed by atoms with van der Waals surface area (Å²) in [7, 11) is -4.65. The first-order valence-electron chi connectivity index (χ1n) is 10.0. The van der Waals surface area contributed by atoms with Gasteiger partial charge >= 0.3 is 7.60 Å². The number of rotatable bonds is 8. The van der Waals surface area contributed by atoms with Crippen molar-refractivity contribution in [3.63, 3.8) is 0 Å². The summed E-state index contributed by atoms with van der Waals surface area (Å²) in [6.45, 7) is -1.16. The molecule has 4 atom stereocenters. The van der Waals surface area contributed by atoms with Gasteiger partial charge in [-0.05, 0) is 24.4 Å². The Morgan fingerprint density at radius 2 is 2.13 bits per heavy atom. The van der Waals surface area contributed by atoms with Crippen LogP contribution in [0.3, 0.4) is 0 Å². The van der Waals surface area contributed by atoms with Crippen molar-refractivity contribution in [1.82, 2.24) is 19.7 Å². The van der Waals surface area contributed by atoms with Gasteiger partial charge in [0.15, 0.2) is 17.7 Å². The Balaban J connectivity index is 1.50. The molecule has 1 aliphatic heterocycles. The molecule has 2 aromatic heterocycles. The smallest absolute Gasteiger partial charge is 0.356 e. The number of aromatic nitrogens is 4. The van der Waals surface area contributed by atoms with Crippen LogP contribution in [0.1, 0.15) is 38.3 Å². The van der Waals surface area contributed by atoms with E-state index in [4.69, 9.17) is 36.0 Å². The van der Waals surface area contributed by atoms with E-state index in [9.17, 15) is 8.96 Å². The summed E-state index contributed by atoms with van der Waals surface area (Å²) in [6, 6.07) is 0.282. The van der Waals surface area contributed by atoms with Crippen molar-refractivity contribution in [3.05, 3.63) is 11.5 Å². The van der Waals surface area contributed by atoms with Gasteiger partial charge in [-0.15, -0.1) is 0 Å². The fourth-order valence-corrected chi connectivity index (χ4v) is 4.61. The normalized spacial score (nSPS) is 26.0. The molecule has 1 aliphatic carbocycles. The van der Waals surface area contributed by atoms with E-state index >= 15 is 0 Å². The molecule has 172 valence electrons. The van der Waals surface area contributed by atoms with Crippen molar-refractivity contribution in [2.45, 2.75) is 62.5 Å². The number of alkyl halides is 1. The van der Waals surface area contributed by atoms with Gasteiger partial charge in [-0.25, -0.2) is 9.07 Å². The molecular formula is C17H24ClFN5O6P. The zero-order valence-corrected chi connectivity index (χ0v) is 18.1. The Labute approximate surface area is 182 Å². The summed E-state index contributed by atoms with van der Waals surface area (Å²) in [6.07, 6.45) is 2.44. The van der Waals surface area contributed by atoms with Crippen LogP contribution in [-0.2, 0) is 14.0 Å². The molecule has 1 saturated heterocycles. The van der Waals surface area contributed by atoms with Crippen LogP contribution < -0.4 is 5.32 Å². The second-order valence-electron chi connectivity index (χ2n) is 7.75. The highest BCUT2D eigenvalue weighted by Gasteiger charge is 2.40. The number of aliphatic hydroxyl groups excluding tert-OH is 1. The van der Waals surface area contributed by atoms with Crippen molar-refractivity contribution in [1.29, 1.82) is 0 Å². The van der Waals surface area contributed by atoms with Gasteiger partial charge in [0.2, 0.25) is 5.28 Å². The molecule has 11 nitrogen and oxygen atoms in total. The zero-order chi connectivity index (χ0) is 22.2. The van der Waals surface area contributed by atoms with Crippen molar-refractivity contribution in [2.24, 2.45) is 0 Å². The number of aliphatic hydroxyl groups is 1. The number of nitrogens with one attached hydrogen (secondary N) is 1. The number of anilines is 1. The van der Waals surface area contributed by atoms with E-state index in [2.05, 4.69) is 20.4 Å². The van der Waals surface area contributed by atoms with E-state index in [1.165, 1.54) is 10.9 Å². The number of nitrogens with zero attached hydrogens (tertiary/aromatic N) is 4. The molecule has 0 bridgehead atoms. The van der Waals surface area contributed by atoms with Gasteiger partial charge in [0.05, 0.1) is 30.9 Å². The molecule has 0 radical (unpaired) electrons. The zero-order valence-electron chi connectivity index (χ0n) is 16.5. The molecule has 2 fully saturated rings. The average molecular weight is 480 g/mol. The first-order valence-corrected chi connectivity index (χ1v) is 12.1. The summed E-state index contributed by atoms with van der Waals surface area (Å²) < 4.78 is 38.1. The molecular weight excluding hydrogens is 456 g/mol. The molecule has 2 aromatic rings. The van der Waals surface area contributed by atoms with Gasteiger partial charge in [0.1, 0.15) is 12.0 Å². The lowest BCUT2D eigenvalue weighted by Crippen LogP contribution is -2.24. The quantitative estimate of drug-likeness (QED) is 0.326. The summed E-state index contributed by atoms with van der Waals surface area (Å²) in [4.78, 5) is 26.7. The Morgan fingerprint density at radius 1 is 1.39 bits per heavy atom. The fraction of sp³-hybridized carbons (Fsp3) is 0.706. The van der Waals surface area contributed by atoms with E-state index in [1.54, 1.807) is 0 Å². The lowest BCUT2D eigenvalue weighted by atomic mass is 10.2. The number of ether oxygens (including phenoxy) is 2. The summed E-state index contributed by atoms with van der Waals surface area (Å²) in [5.41, 5.74) is 0.318. The first-order chi connectivity index (χ1) is 14.8. The SMILES string of the molecule is O=P(O)(O)C(CO)OCC1CC(F)C(n2ncc3c(NC4CCCC4)nc(Cl)nc32)O1. The van der Waals surface area contributed by atoms with E-state index < -0.39 is 38.6 Å². The maximum absolute atomic E-state index is 14.8. The van der Waals surface area contributed by atoms with Gasteiger partial charge < -0.3 is 29.7 Å². The Morgan fingerprint density at radius 3 is 2.81 bits per heavy atom. The van der Waals surface area contributed by atoms with Crippen LogP contribution in [0.5, 0.6) is 0 Å². The van der Waals surface area contributed by atoms with Crippen LogP contribution in [0.25, 0.3) is 11.0 Å². The highest BCUT2D eigenvalue weighted by Crippen LogP contribution is 2.42. The minimum atomic E-state index is -4.65. The number of halogens is 2. The predicted octanol–water partition coefficient (Wildman–Crippen LogP) is 1.97. The third kappa shape index (κ3) is 5.00. The van der Waals surface area contributed by atoms with Crippen LogP contribution in [0.15, 0.2) is 6.20 Å². The summed E-state index contributed by atoms with van der Waals surface area (Å²) >= 11 is 6.10. The van der Waals surface area contributed by atoms with Crippen molar-refractivity contribution in [3.8, 4) is 0 Å². The Hall–Kier alpha value is -1.40. The molecule has 4 N–H and O–H groups in total. The number of hydrogen-bond acceptors (Lipinski definition) is 8. The van der Waals surface area contributed by atoms with Crippen LogP contribution in [-0.4, -0.2) is 72.0 Å². The monoisotopic (exact) mass is 479 g/mol. The molecule has 3 heterocycles. The molecule has 1 saturated carbocycles. The summed E-state index contributed by atoms with van der Waals surface area (Å²) in [5, 5.41) is 17.3. The number of fused-ring (bicyclic) bond motifs is 1. The molecule has 0 spiro atoms. The average Bonchev–Trinajstić information content (AvgIpc) is 3.41. The fourth-order valence-electron chi connectivity index (χ4n) is 3.96. The van der Waals surface area contributed by atoms with Gasteiger partial charge in [-0.3, -0.25) is 4.57 Å². The van der Waals surface area contributed by atoms with E-state index in [-0.39, 0.29) is 24.4 Å². The van der Waals surface area contributed by atoms with Crippen molar-refractivity contribution < 1.29 is 33.3 Å². The molecule has 4 rings (SSSR count). The molecule has 0 aromatic carbocycles. The lowest BCUT2D eigenvalue weighted by Gasteiger charge is -2.19. The van der Waals surface area contributed by atoms with Gasteiger partial charge in [0.25, 0.3) is 0 Å². The lowest BCUT2D eigenvalue weighted by molar-refractivity contribution is -0.0670. The molecule has 0 amide bonds. The Kier molecular flexibility index (Phi) is 6.78. The van der Waals surface area contributed by atoms with E-state index in [0.29, 0.717) is 16.9 Å². The highest BCUT2D eigenvalue weighted by atomic mass is 35.5. The number of hydrogen-bond donors (Lipinski definition) is 4. The topological polar surface area (TPSA) is 152 Å².